The fraction of sp³-hybridized carbons (Fsp3) is 1.00. The topological polar surface area (TPSA) is 23.5 Å². The zero-order chi connectivity index (χ0) is 8.20. The van der Waals surface area contributed by atoms with Gasteiger partial charge in [0.05, 0.1) is 6.61 Å². The van der Waals surface area contributed by atoms with E-state index in [0.29, 0.717) is 0 Å². The van der Waals surface area contributed by atoms with Gasteiger partial charge in [-0.1, -0.05) is 0 Å². The average molecular weight is 195 g/mol. The van der Waals surface area contributed by atoms with E-state index in [-0.39, 0.29) is 64.5 Å². The van der Waals surface area contributed by atoms with Crippen molar-refractivity contribution in [2.75, 3.05) is 26.6 Å². The summed E-state index contributed by atoms with van der Waals surface area (Å²) in [6.07, 6.45) is -0.902. The predicted octanol–water partition coefficient (Wildman–Crippen LogP) is -2.70. The molecule has 62 valence electrons. The van der Waals surface area contributed by atoms with Crippen LogP contribution in [0.15, 0.2) is 0 Å². The summed E-state index contributed by atoms with van der Waals surface area (Å²) in [5.41, 5.74) is 0. The molecule has 0 radical (unpaired) electrons. The summed E-state index contributed by atoms with van der Waals surface area (Å²) in [7, 11) is 1.32. The molecule has 0 saturated heterocycles. The van der Waals surface area contributed by atoms with Gasteiger partial charge in [-0.15, -0.1) is 0 Å². The number of hydrogen-bond acceptors (Lipinski definition) is 2. The molecule has 0 bridgehead atoms. The Kier molecular flexibility index (Phi) is 9.32. The molecule has 0 amide bonds. The molecule has 0 atom stereocenters. The summed E-state index contributed by atoms with van der Waals surface area (Å²) < 4.78 is 34.7. The molecule has 0 saturated carbocycles. The second-order valence-electron chi connectivity index (χ2n) is 2.20. The van der Waals surface area contributed by atoms with Gasteiger partial charge in [-0.25, -0.2) is 0 Å². The van der Waals surface area contributed by atoms with Gasteiger partial charge < -0.3 is 23.0 Å². The first-order valence-corrected chi connectivity index (χ1v) is 2.96. The minimum absolute atomic E-state index is 0. The second kappa shape index (κ2) is 6.88. The van der Waals surface area contributed by atoms with Crippen molar-refractivity contribution in [3.63, 3.8) is 0 Å². The number of rotatable bonds is 4. The Labute approximate surface area is 107 Å². The van der Waals surface area contributed by atoms with Crippen LogP contribution in [0.1, 0.15) is 0 Å². The van der Waals surface area contributed by atoms with Crippen LogP contribution in [0.25, 0.3) is 0 Å². The van der Waals surface area contributed by atoms with Gasteiger partial charge in [0.1, 0.15) is 0 Å². The molecule has 11 heavy (non-hydrogen) atoms. The average Bonchev–Trinajstić information content (AvgIpc) is 1.59. The first-order chi connectivity index (χ1) is 4.45. The third-order valence-corrected chi connectivity index (χ3v) is 1.00. The van der Waals surface area contributed by atoms with Gasteiger partial charge in [-0.05, 0) is 13.5 Å². The van der Waals surface area contributed by atoms with E-state index in [1.807, 2.05) is 0 Å². The smallest absolute Gasteiger partial charge is 0.448 e. The van der Waals surface area contributed by atoms with Crippen LogP contribution in [0, 0.1) is 0 Å². The maximum atomic E-state index is 11.6. The Morgan fingerprint density at radius 3 is 2.09 bits per heavy atom. The van der Waals surface area contributed by atoms with E-state index in [4.69, 9.17) is 5.11 Å². The number of hydrogen-bond donors (Lipinski definition) is 1. The van der Waals surface area contributed by atoms with E-state index in [1.54, 1.807) is 0 Å². The van der Waals surface area contributed by atoms with Crippen LogP contribution in [0.3, 0.4) is 0 Å². The molecule has 0 rings (SSSR count). The van der Waals surface area contributed by atoms with Gasteiger partial charge in [0.15, 0.2) is 0 Å². The summed E-state index contributed by atoms with van der Waals surface area (Å²) in [5, 5.41) is 8.23. The Bertz CT molecular complexity index is 102. The Morgan fingerprint density at radius 2 is 1.82 bits per heavy atom. The van der Waals surface area contributed by atoms with Gasteiger partial charge in [-0.2, -0.15) is 0 Å². The summed E-state index contributed by atoms with van der Waals surface area (Å²) >= 11 is 0. The van der Waals surface area contributed by atoms with Crippen LogP contribution in [0.2, 0.25) is 0 Å². The van der Waals surface area contributed by atoms with Crippen LogP contribution in [0.5, 0.6) is 0 Å². The number of aliphatic hydroxyl groups excluding tert-OH is 1. The second-order valence-corrected chi connectivity index (χ2v) is 2.20. The van der Waals surface area contributed by atoms with Crippen molar-refractivity contribution in [2.24, 2.45) is 0 Å². The molecular weight excluding hydrogens is 185 g/mol. The summed E-state index contributed by atoms with van der Waals surface area (Å²) in [6.45, 7) is -4.90. The molecule has 0 aromatic heterocycles. The fourth-order valence-corrected chi connectivity index (χ4v) is 0.615. The van der Waals surface area contributed by atoms with E-state index in [9.17, 15) is 12.9 Å². The number of aliphatic hydroxyl groups is 1. The van der Waals surface area contributed by atoms with Crippen molar-refractivity contribution in [1.82, 2.24) is 4.90 Å². The third-order valence-electron chi connectivity index (χ3n) is 1.00. The Hall–Kier alpha value is 1.41. The zero-order valence-electron chi connectivity index (χ0n) is 6.73. The van der Waals surface area contributed by atoms with Gasteiger partial charge in [0.25, 0.3) is 0 Å². The SMILES string of the molecule is CN(CCO)C[B-](F)(F)F.[K+]. The van der Waals surface area contributed by atoms with Crippen LogP contribution in [-0.2, 0) is 0 Å². The molecule has 0 spiro atoms. The Balaban J connectivity index is 0. The monoisotopic (exact) mass is 195 g/mol. The summed E-state index contributed by atoms with van der Waals surface area (Å²) in [4.78, 5) is 1.04. The van der Waals surface area contributed by atoms with Crippen molar-refractivity contribution < 1.29 is 69.4 Å². The molecule has 0 aliphatic heterocycles. The first kappa shape index (κ1) is 14.9. The van der Waals surface area contributed by atoms with E-state index < -0.39 is 13.4 Å². The number of likely N-dealkylation sites (N-methyl/N-ethyl adjacent to an activating group) is 1. The van der Waals surface area contributed by atoms with Crippen LogP contribution in [0.4, 0.5) is 12.9 Å². The van der Waals surface area contributed by atoms with Crippen LogP contribution < -0.4 is 51.4 Å². The van der Waals surface area contributed by atoms with E-state index in [2.05, 4.69) is 0 Å². The molecule has 0 heterocycles. The van der Waals surface area contributed by atoms with Crippen molar-refractivity contribution in [3.05, 3.63) is 0 Å². The largest absolute Gasteiger partial charge is 1.00 e. The van der Waals surface area contributed by atoms with Crippen molar-refractivity contribution in [1.29, 1.82) is 0 Å². The quantitative estimate of drug-likeness (QED) is 0.493. The summed E-state index contributed by atoms with van der Waals surface area (Å²) in [5.74, 6) is 0. The normalized spacial score (nSPS) is 11.5. The van der Waals surface area contributed by atoms with E-state index >= 15 is 0 Å². The molecule has 0 aliphatic carbocycles. The first-order valence-electron chi connectivity index (χ1n) is 2.96. The maximum absolute atomic E-state index is 11.6. The predicted molar refractivity (Wildman–Crippen MR) is 33.7 cm³/mol. The molecular formula is C4H10BF3KNO. The molecule has 0 aromatic rings. The molecule has 0 fully saturated rings. The molecule has 1 N–H and O–H groups in total. The van der Waals surface area contributed by atoms with Crippen molar-refractivity contribution >= 4 is 6.98 Å². The minimum atomic E-state index is -4.74. The van der Waals surface area contributed by atoms with Gasteiger partial charge >= 0.3 is 58.4 Å². The zero-order valence-corrected chi connectivity index (χ0v) is 9.85. The van der Waals surface area contributed by atoms with E-state index in [0.717, 1.165) is 4.90 Å². The number of nitrogens with zero attached hydrogens (tertiary/aromatic N) is 1. The molecule has 7 heteroatoms. The third kappa shape index (κ3) is 11.4. The van der Waals surface area contributed by atoms with E-state index in [1.165, 1.54) is 7.05 Å². The van der Waals surface area contributed by atoms with Gasteiger partial charge in [-0.3, -0.25) is 0 Å². The molecule has 2 nitrogen and oxygen atoms in total. The standard InChI is InChI=1S/C4H10BF3NO.K/c1-9(2-3-10)4-5(6,7)8;/h10H,2-4H2,1H3;/q-1;+1. The molecule has 0 aromatic carbocycles. The maximum Gasteiger partial charge on any atom is 1.00 e. The van der Waals surface area contributed by atoms with Crippen molar-refractivity contribution in [2.45, 2.75) is 0 Å². The van der Waals surface area contributed by atoms with Gasteiger partial charge in [0.2, 0.25) is 0 Å². The van der Waals surface area contributed by atoms with Crippen LogP contribution in [-0.4, -0.2) is 43.6 Å². The van der Waals surface area contributed by atoms with Crippen molar-refractivity contribution in [3.8, 4) is 0 Å². The molecule has 0 aliphatic rings. The van der Waals surface area contributed by atoms with Crippen LogP contribution >= 0.6 is 0 Å². The summed E-state index contributed by atoms with van der Waals surface area (Å²) in [6, 6.07) is 0. The Morgan fingerprint density at radius 1 is 1.36 bits per heavy atom. The fourth-order valence-electron chi connectivity index (χ4n) is 0.615. The van der Waals surface area contributed by atoms with Gasteiger partial charge in [0, 0.05) is 6.54 Å². The minimum Gasteiger partial charge on any atom is -0.448 e. The molecule has 0 unspecified atom stereocenters. The number of halogens is 3.